The summed E-state index contributed by atoms with van der Waals surface area (Å²) < 4.78 is 0. The molecule has 2 rings (SSSR count). The van der Waals surface area contributed by atoms with Gasteiger partial charge in [-0.05, 0) is 61.8 Å². The Kier molecular flexibility index (Phi) is 5.70. The van der Waals surface area contributed by atoms with Gasteiger partial charge in [-0.3, -0.25) is 0 Å². The van der Waals surface area contributed by atoms with Crippen LogP contribution in [0.1, 0.15) is 57.1 Å². The molecule has 0 amide bonds. The topological polar surface area (TPSA) is 3.24 Å². The van der Waals surface area contributed by atoms with Crippen LogP contribution in [0.2, 0.25) is 0 Å². The Morgan fingerprint density at radius 3 is 2.35 bits per heavy atom. The van der Waals surface area contributed by atoms with Crippen molar-refractivity contribution >= 4 is 0 Å². The normalized spacial score (nSPS) is 17.3. The van der Waals surface area contributed by atoms with Gasteiger partial charge in [-0.1, -0.05) is 44.2 Å². The van der Waals surface area contributed by atoms with Crippen LogP contribution in [0.3, 0.4) is 0 Å². The average molecular weight is 271 g/mol. The van der Waals surface area contributed by atoms with Crippen molar-refractivity contribution in [3.8, 4) is 0 Å². The van der Waals surface area contributed by atoms with Crippen LogP contribution >= 0.6 is 0 Å². The molecule has 1 aliphatic heterocycles. The third kappa shape index (κ3) is 4.40. The molecule has 0 aromatic heterocycles. The maximum Gasteiger partial charge on any atom is 0.0175 e. The molecule has 1 aromatic carbocycles. The fourth-order valence-corrected chi connectivity index (χ4v) is 3.04. The molecule has 0 aliphatic carbocycles. The second-order valence-corrected chi connectivity index (χ2v) is 6.40. The number of allylic oxidation sites excluding steroid dienone is 1. The van der Waals surface area contributed by atoms with Gasteiger partial charge in [0.25, 0.3) is 0 Å². The summed E-state index contributed by atoms with van der Waals surface area (Å²) in [5.41, 5.74) is 2.96. The van der Waals surface area contributed by atoms with E-state index in [0.717, 1.165) is 5.92 Å². The lowest BCUT2D eigenvalue weighted by Gasteiger charge is -2.31. The lowest BCUT2D eigenvalue weighted by Crippen LogP contribution is -2.29. The zero-order valence-corrected chi connectivity index (χ0v) is 13.3. The van der Waals surface area contributed by atoms with Gasteiger partial charge in [-0.2, -0.15) is 0 Å². The third-order valence-electron chi connectivity index (χ3n) is 4.50. The van der Waals surface area contributed by atoms with Gasteiger partial charge in [0.2, 0.25) is 0 Å². The van der Waals surface area contributed by atoms with Crippen LogP contribution in [0.4, 0.5) is 0 Å². The van der Waals surface area contributed by atoms with Crippen molar-refractivity contribution in [1.29, 1.82) is 0 Å². The van der Waals surface area contributed by atoms with E-state index >= 15 is 0 Å². The Labute approximate surface area is 124 Å². The highest BCUT2D eigenvalue weighted by molar-refractivity contribution is 5.24. The minimum Gasteiger partial charge on any atom is -0.378 e. The summed E-state index contributed by atoms with van der Waals surface area (Å²) in [6.45, 7) is 9.09. The zero-order chi connectivity index (χ0) is 14.4. The maximum atomic E-state index is 2.45. The monoisotopic (exact) mass is 271 g/mol. The largest absolute Gasteiger partial charge is 0.378 e. The maximum absolute atomic E-state index is 2.45. The predicted molar refractivity (Wildman–Crippen MR) is 88.0 cm³/mol. The van der Waals surface area contributed by atoms with Gasteiger partial charge in [0.15, 0.2) is 0 Å². The van der Waals surface area contributed by atoms with Crippen molar-refractivity contribution in [2.24, 2.45) is 5.92 Å². The Morgan fingerprint density at radius 1 is 1.15 bits per heavy atom. The van der Waals surface area contributed by atoms with Crippen LogP contribution < -0.4 is 0 Å². The summed E-state index contributed by atoms with van der Waals surface area (Å²) in [5, 5.41) is 0. The first-order valence-electron chi connectivity index (χ1n) is 8.14. The van der Waals surface area contributed by atoms with Crippen LogP contribution in [-0.4, -0.2) is 18.0 Å². The van der Waals surface area contributed by atoms with E-state index in [-0.39, 0.29) is 0 Å². The van der Waals surface area contributed by atoms with E-state index in [1.165, 1.54) is 49.9 Å². The van der Waals surface area contributed by atoms with Crippen molar-refractivity contribution in [1.82, 2.24) is 4.90 Å². The highest BCUT2D eigenvalue weighted by atomic mass is 15.1. The number of benzene rings is 1. The Hall–Kier alpha value is -1.24. The van der Waals surface area contributed by atoms with E-state index in [2.05, 4.69) is 62.2 Å². The lowest BCUT2D eigenvalue weighted by molar-refractivity contribution is 0.234. The molecule has 0 N–H and O–H groups in total. The molecule has 1 aromatic rings. The Morgan fingerprint density at radius 2 is 1.80 bits per heavy atom. The molecule has 0 bridgehead atoms. The molecular weight excluding hydrogens is 242 g/mol. The third-order valence-corrected chi connectivity index (χ3v) is 4.50. The van der Waals surface area contributed by atoms with E-state index in [9.17, 15) is 0 Å². The second-order valence-electron chi connectivity index (χ2n) is 6.40. The number of nitrogens with zero attached hydrogens (tertiary/aromatic N) is 1. The van der Waals surface area contributed by atoms with Crippen molar-refractivity contribution in [2.75, 3.05) is 13.1 Å². The zero-order valence-electron chi connectivity index (χ0n) is 13.3. The van der Waals surface area contributed by atoms with Crippen molar-refractivity contribution in [3.63, 3.8) is 0 Å². The molecule has 20 heavy (non-hydrogen) atoms. The van der Waals surface area contributed by atoms with Crippen LogP contribution in [0.25, 0.3) is 0 Å². The predicted octanol–water partition coefficient (Wildman–Crippen LogP) is 4.99. The highest BCUT2D eigenvalue weighted by Crippen LogP contribution is 2.23. The van der Waals surface area contributed by atoms with Gasteiger partial charge in [-0.25, -0.2) is 0 Å². The first-order chi connectivity index (χ1) is 9.69. The standard InChI is InChI=1S/C19H29N/c1-4-13-20-14-11-18(12-15-20)6-5-17-7-9-19(10-8-17)16(2)3/h4,7-10,13,16,18H,5-6,11-12,14-15H2,1-3H3/b13-4+. The van der Waals surface area contributed by atoms with Gasteiger partial charge in [0.05, 0.1) is 0 Å². The van der Waals surface area contributed by atoms with Gasteiger partial charge >= 0.3 is 0 Å². The fraction of sp³-hybridized carbons (Fsp3) is 0.579. The number of aryl methyl sites for hydroxylation is 1. The molecular formula is C19H29N. The minimum atomic E-state index is 0.639. The van der Waals surface area contributed by atoms with E-state index in [1.807, 2.05) is 0 Å². The summed E-state index contributed by atoms with van der Waals surface area (Å²) in [4.78, 5) is 2.45. The number of hydrogen-bond acceptors (Lipinski definition) is 1. The molecule has 0 unspecified atom stereocenters. The minimum absolute atomic E-state index is 0.639. The smallest absolute Gasteiger partial charge is 0.0175 e. The quantitative estimate of drug-likeness (QED) is 0.729. The van der Waals surface area contributed by atoms with Gasteiger partial charge in [-0.15, -0.1) is 0 Å². The summed E-state index contributed by atoms with van der Waals surface area (Å²) in [7, 11) is 0. The molecule has 1 heterocycles. The molecule has 1 nitrogen and oxygen atoms in total. The number of likely N-dealkylation sites (tertiary alicyclic amines) is 1. The first kappa shape index (κ1) is 15.2. The Bertz CT molecular complexity index is 408. The number of rotatable bonds is 5. The molecule has 110 valence electrons. The SMILES string of the molecule is C/C=C/N1CCC(CCc2ccc(C(C)C)cc2)CC1. The molecule has 1 fully saturated rings. The van der Waals surface area contributed by atoms with Crippen LogP contribution in [0, 0.1) is 5.92 Å². The van der Waals surface area contributed by atoms with Crippen molar-refractivity contribution < 1.29 is 0 Å². The molecule has 0 saturated carbocycles. The summed E-state index contributed by atoms with van der Waals surface area (Å²) in [6, 6.07) is 9.25. The molecule has 0 atom stereocenters. The fourth-order valence-electron chi connectivity index (χ4n) is 3.04. The molecule has 1 heteroatoms. The Balaban J connectivity index is 1.75. The van der Waals surface area contributed by atoms with Crippen molar-refractivity contribution in [2.45, 2.75) is 52.4 Å². The summed E-state index contributed by atoms with van der Waals surface area (Å²) in [6.07, 6.45) is 9.69. The lowest BCUT2D eigenvalue weighted by atomic mass is 9.90. The van der Waals surface area contributed by atoms with Gasteiger partial charge in [0, 0.05) is 13.1 Å². The second kappa shape index (κ2) is 7.52. The van der Waals surface area contributed by atoms with E-state index in [4.69, 9.17) is 0 Å². The van der Waals surface area contributed by atoms with Crippen LogP contribution in [0.15, 0.2) is 36.5 Å². The average Bonchev–Trinajstić information content (AvgIpc) is 2.47. The van der Waals surface area contributed by atoms with Crippen LogP contribution in [-0.2, 0) is 6.42 Å². The van der Waals surface area contributed by atoms with E-state index in [0.29, 0.717) is 5.92 Å². The molecule has 0 spiro atoms. The molecule has 1 saturated heterocycles. The van der Waals surface area contributed by atoms with Crippen molar-refractivity contribution in [3.05, 3.63) is 47.7 Å². The molecule has 0 radical (unpaired) electrons. The van der Waals surface area contributed by atoms with Crippen LogP contribution in [0.5, 0.6) is 0 Å². The first-order valence-corrected chi connectivity index (χ1v) is 8.14. The highest BCUT2D eigenvalue weighted by Gasteiger charge is 2.16. The molecule has 1 aliphatic rings. The van der Waals surface area contributed by atoms with Gasteiger partial charge in [0.1, 0.15) is 0 Å². The number of piperidine rings is 1. The summed E-state index contributed by atoms with van der Waals surface area (Å²) in [5.74, 6) is 1.56. The van der Waals surface area contributed by atoms with Gasteiger partial charge < -0.3 is 4.90 Å². The number of hydrogen-bond donors (Lipinski definition) is 0. The van der Waals surface area contributed by atoms with E-state index < -0.39 is 0 Å². The van der Waals surface area contributed by atoms with E-state index in [1.54, 1.807) is 0 Å². The summed E-state index contributed by atoms with van der Waals surface area (Å²) >= 11 is 0.